The Morgan fingerprint density at radius 3 is 2.50 bits per heavy atom. The van der Waals surface area contributed by atoms with Crippen LogP contribution in [0.15, 0.2) is 24.3 Å². The van der Waals surface area contributed by atoms with Gasteiger partial charge in [-0.25, -0.2) is 0 Å². The molecule has 1 aliphatic heterocycles. The molecule has 0 bridgehead atoms. The van der Waals surface area contributed by atoms with Gasteiger partial charge in [-0.15, -0.1) is 0 Å². The Kier molecular flexibility index (Phi) is 5.19. The van der Waals surface area contributed by atoms with Crippen molar-refractivity contribution in [1.29, 1.82) is 0 Å². The first kappa shape index (κ1) is 17.0. The van der Waals surface area contributed by atoms with Gasteiger partial charge in [-0.05, 0) is 36.5 Å². The van der Waals surface area contributed by atoms with Gasteiger partial charge in [0.1, 0.15) is 0 Å². The number of carbonyl (C=O) groups excluding carboxylic acids is 2. The molecule has 2 aliphatic rings. The summed E-state index contributed by atoms with van der Waals surface area (Å²) in [7, 11) is 0. The number of anilines is 1. The Bertz CT molecular complexity index is 597. The van der Waals surface area contributed by atoms with Crippen LogP contribution >= 0.6 is 0 Å². The van der Waals surface area contributed by atoms with Crippen LogP contribution < -0.4 is 16.0 Å². The summed E-state index contributed by atoms with van der Waals surface area (Å²) in [5.41, 5.74) is 2.01. The molecule has 130 valence electrons. The number of hydrogen-bond donors (Lipinski definition) is 3. The zero-order valence-corrected chi connectivity index (χ0v) is 14.5. The van der Waals surface area contributed by atoms with Crippen LogP contribution in [0.25, 0.3) is 0 Å². The molecule has 0 unspecified atom stereocenters. The molecule has 3 atom stereocenters. The summed E-state index contributed by atoms with van der Waals surface area (Å²) >= 11 is 0. The standard InChI is InChI=1S/C19H27N3O2/c1-12(2)13-7-9-14(10-8-13)20-18(23)11-17-19(24)22-16-6-4-3-5-15(16)21-17/h7-10,12,15-17,21H,3-6,11H2,1-2H3,(H,20,23)(H,22,24)/t15-,16-,17+/m1/s1. The molecule has 1 aromatic carbocycles. The summed E-state index contributed by atoms with van der Waals surface area (Å²) in [6.07, 6.45) is 4.62. The zero-order valence-electron chi connectivity index (χ0n) is 14.5. The number of amides is 2. The number of rotatable bonds is 4. The lowest BCUT2D eigenvalue weighted by Crippen LogP contribution is -2.65. The number of carbonyl (C=O) groups is 2. The lowest BCUT2D eigenvalue weighted by molar-refractivity contribution is -0.129. The maximum absolute atomic E-state index is 12.3. The van der Waals surface area contributed by atoms with Crippen LogP contribution in [0.2, 0.25) is 0 Å². The van der Waals surface area contributed by atoms with Gasteiger partial charge in [0.15, 0.2) is 0 Å². The van der Waals surface area contributed by atoms with E-state index in [0.717, 1.165) is 18.5 Å². The lowest BCUT2D eigenvalue weighted by Gasteiger charge is -2.40. The third-order valence-corrected chi connectivity index (χ3v) is 5.08. The molecule has 5 nitrogen and oxygen atoms in total. The molecule has 24 heavy (non-hydrogen) atoms. The second-order valence-corrected chi connectivity index (χ2v) is 7.25. The molecule has 0 spiro atoms. The van der Waals surface area contributed by atoms with Crippen molar-refractivity contribution in [2.45, 2.75) is 70.0 Å². The first-order chi connectivity index (χ1) is 11.5. The van der Waals surface area contributed by atoms with E-state index in [1.54, 1.807) is 0 Å². The second-order valence-electron chi connectivity index (χ2n) is 7.25. The maximum atomic E-state index is 12.3. The van der Waals surface area contributed by atoms with Gasteiger partial charge in [0.2, 0.25) is 11.8 Å². The predicted octanol–water partition coefficient (Wildman–Crippen LogP) is 2.54. The molecular weight excluding hydrogens is 302 g/mol. The number of fused-ring (bicyclic) bond motifs is 1. The van der Waals surface area contributed by atoms with E-state index in [4.69, 9.17) is 0 Å². The largest absolute Gasteiger partial charge is 0.350 e. The number of hydrogen-bond acceptors (Lipinski definition) is 3. The van der Waals surface area contributed by atoms with Crippen LogP contribution in [0.5, 0.6) is 0 Å². The van der Waals surface area contributed by atoms with Gasteiger partial charge in [-0.1, -0.05) is 38.8 Å². The fourth-order valence-electron chi connectivity index (χ4n) is 3.62. The van der Waals surface area contributed by atoms with Gasteiger partial charge in [0.25, 0.3) is 0 Å². The van der Waals surface area contributed by atoms with E-state index in [2.05, 4.69) is 29.8 Å². The topological polar surface area (TPSA) is 70.2 Å². The summed E-state index contributed by atoms with van der Waals surface area (Å²) in [6, 6.07) is 7.99. The lowest BCUT2D eigenvalue weighted by atomic mass is 9.87. The molecule has 5 heteroatoms. The van der Waals surface area contributed by atoms with Crippen molar-refractivity contribution in [2.24, 2.45) is 0 Å². The average Bonchev–Trinajstić information content (AvgIpc) is 2.56. The molecule has 1 saturated carbocycles. The number of benzene rings is 1. The first-order valence-corrected chi connectivity index (χ1v) is 8.99. The Morgan fingerprint density at radius 2 is 1.83 bits per heavy atom. The Balaban J connectivity index is 1.55. The monoisotopic (exact) mass is 329 g/mol. The quantitative estimate of drug-likeness (QED) is 0.795. The normalized spacial score (nSPS) is 26.6. The Morgan fingerprint density at radius 1 is 1.17 bits per heavy atom. The van der Waals surface area contributed by atoms with E-state index >= 15 is 0 Å². The predicted molar refractivity (Wildman–Crippen MR) is 94.9 cm³/mol. The molecule has 1 aromatic rings. The van der Waals surface area contributed by atoms with Crippen molar-refractivity contribution in [3.05, 3.63) is 29.8 Å². The van der Waals surface area contributed by atoms with Gasteiger partial charge in [0, 0.05) is 17.8 Å². The highest BCUT2D eigenvalue weighted by atomic mass is 16.2. The van der Waals surface area contributed by atoms with Crippen molar-refractivity contribution < 1.29 is 9.59 Å². The van der Waals surface area contributed by atoms with Crippen molar-refractivity contribution in [1.82, 2.24) is 10.6 Å². The molecule has 1 saturated heterocycles. The zero-order chi connectivity index (χ0) is 17.1. The summed E-state index contributed by atoms with van der Waals surface area (Å²) in [5, 5.41) is 9.34. The van der Waals surface area contributed by atoms with Gasteiger partial charge in [0.05, 0.1) is 12.5 Å². The Hall–Kier alpha value is -1.88. The van der Waals surface area contributed by atoms with Crippen molar-refractivity contribution in [3.8, 4) is 0 Å². The second kappa shape index (κ2) is 7.34. The van der Waals surface area contributed by atoms with Crippen LogP contribution in [-0.2, 0) is 9.59 Å². The molecule has 2 fully saturated rings. The highest BCUT2D eigenvalue weighted by molar-refractivity contribution is 5.95. The average molecular weight is 329 g/mol. The van der Waals surface area contributed by atoms with Gasteiger partial charge in [-0.2, -0.15) is 0 Å². The molecular formula is C19H27N3O2. The van der Waals surface area contributed by atoms with E-state index in [0.29, 0.717) is 12.0 Å². The molecule has 1 heterocycles. The van der Waals surface area contributed by atoms with Crippen molar-refractivity contribution >= 4 is 17.5 Å². The minimum atomic E-state index is -0.431. The van der Waals surface area contributed by atoms with Crippen LogP contribution in [0.3, 0.4) is 0 Å². The van der Waals surface area contributed by atoms with Crippen LogP contribution in [0.4, 0.5) is 5.69 Å². The Labute approximate surface area is 143 Å². The first-order valence-electron chi connectivity index (χ1n) is 8.99. The summed E-state index contributed by atoms with van der Waals surface area (Å²) in [6.45, 7) is 4.28. The molecule has 0 radical (unpaired) electrons. The SMILES string of the molecule is CC(C)c1ccc(NC(=O)C[C@@H]2N[C@@H]3CCCC[C@H]3NC2=O)cc1. The highest BCUT2D eigenvalue weighted by Crippen LogP contribution is 2.22. The van der Waals surface area contributed by atoms with Crippen LogP contribution in [-0.4, -0.2) is 29.9 Å². The summed E-state index contributed by atoms with van der Waals surface area (Å²) in [4.78, 5) is 24.5. The van der Waals surface area contributed by atoms with E-state index < -0.39 is 6.04 Å². The third-order valence-electron chi connectivity index (χ3n) is 5.08. The van der Waals surface area contributed by atoms with Crippen molar-refractivity contribution in [3.63, 3.8) is 0 Å². The molecule has 1 aliphatic carbocycles. The third kappa shape index (κ3) is 3.96. The molecule has 3 rings (SSSR count). The van der Waals surface area contributed by atoms with E-state index in [9.17, 15) is 9.59 Å². The summed E-state index contributed by atoms with van der Waals surface area (Å²) < 4.78 is 0. The number of piperazine rings is 1. The van der Waals surface area contributed by atoms with E-state index in [1.807, 2.05) is 24.3 Å². The van der Waals surface area contributed by atoms with Crippen molar-refractivity contribution in [2.75, 3.05) is 5.32 Å². The maximum Gasteiger partial charge on any atom is 0.237 e. The minimum Gasteiger partial charge on any atom is -0.350 e. The van der Waals surface area contributed by atoms with Gasteiger partial charge in [-0.3, -0.25) is 9.59 Å². The van der Waals surface area contributed by atoms with Crippen LogP contribution in [0, 0.1) is 0 Å². The summed E-state index contributed by atoms with van der Waals surface area (Å²) in [5.74, 6) is 0.283. The van der Waals surface area contributed by atoms with Gasteiger partial charge < -0.3 is 16.0 Å². The van der Waals surface area contributed by atoms with E-state index in [1.165, 1.54) is 18.4 Å². The van der Waals surface area contributed by atoms with E-state index in [-0.39, 0.29) is 24.3 Å². The fourth-order valence-corrected chi connectivity index (χ4v) is 3.62. The van der Waals surface area contributed by atoms with Crippen LogP contribution in [0.1, 0.15) is 57.4 Å². The van der Waals surface area contributed by atoms with Gasteiger partial charge >= 0.3 is 0 Å². The number of nitrogens with one attached hydrogen (secondary N) is 3. The minimum absolute atomic E-state index is 0.0524. The molecule has 3 N–H and O–H groups in total. The smallest absolute Gasteiger partial charge is 0.237 e. The fraction of sp³-hybridized carbons (Fsp3) is 0.579. The highest BCUT2D eigenvalue weighted by Gasteiger charge is 2.36. The molecule has 2 amide bonds. The molecule has 0 aromatic heterocycles.